The number of carbonyl (C=O) groups excluding carboxylic acids is 2. The second-order valence-corrected chi connectivity index (χ2v) is 2.23. The molecule has 0 saturated carbocycles. The normalized spacial score (nSPS) is 11.2. The third kappa shape index (κ3) is 5.75. The lowest BCUT2D eigenvalue weighted by Gasteiger charge is -2.09. The van der Waals surface area contributed by atoms with Crippen molar-refractivity contribution in [3.63, 3.8) is 0 Å². The summed E-state index contributed by atoms with van der Waals surface area (Å²) in [6, 6.07) is -0.775. The maximum atomic E-state index is 10.9. The van der Waals surface area contributed by atoms with Gasteiger partial charge in [0.1, 0.15) is 19.3 Å². The van der Waals surface area contributed by atoms with E-state index in [0.717, 1.165) is 0 Å². The zero-order valence-corrected chi connectivity index (χ0v) is 7.47. The van der Waals surface area contributed by atoms with Gasteiger partial charge in [-0.3, -0.25) is 4.79 Å². The Bertz CT molecular complexity index is 218. The Morgan fingerprint density at radius 3 is 2.79 bits per heavy atom. The Balaban J connectivity index is 3.53. The standard InChI is InChI=1S/C6H10N2O6/c1-5(7-4-9)6(10)13-2-3-14-8(11)12/h4-5H,2-3H2,1H3,(H,7,9). The maximum Gasteiger partial charge on any atom is 0.328 e. The number of carbonyl (C=O) groups is 2. The lowest BCUT2D eigenvalue weighted by Crippen LogP contribution is -2.34. The molecule has 0 aromatic heterocycles. The number of ether oxygens (including phenoxy) is 1. The topological polar surface area (TPSA) is 108 Å². The first-order valence-corrected chi connectivity index (χ1v) is 3.71. The molecule has 8 nitrogen and oxygen atoms in total. The van der Waals surface area contributed by atoms with Gasteiger partial charge in [0.25, 0.3) is 5.09 Å². The van der Waals surface area contributed by atoms with Gasteiger partial charge in [-0.1, -0.05) is 0 Å². The van der Waals surface area contributed by atoms with Gasteiger partial charge in [-0.25, -0.2) is 4.79 Å². The summed E-state index contributed by atoms with van der Waals surface area (Å²) in [7, 11) is 0. The van der Waals surface area contributed by atoms with E-state index >= 15 is 0 Å². The van der Waals surface area contributed by atoms with Crippen LogP contribution in [0.4, 0.5) is 0 Å². The van der Waals surface area contributed by atoms with Crippen LogP contribution >= 0.6 is 0 Å². The molecule has 0 rings (SSSR count). The van der Waals surface area contributed by atoms with Crippen LogP contribution in [0, 0.1) is 10.1 Å². The highest BCUT2D eigenvalue weighted by Crippen LogP contribution is 1.87. The quantitative estimate of drug-likeness (QED) is 0.186. The van der Waals surface area contributed by atoms with E-state index in [0.29, 0.717) is 6.41 Å². The van der Waals surface area contributed by atoms with Gasteiger partial charge in [-0.2, -0.15) is 0 Å². The monoisotopic (exact) mass is 206 g/mol. The average molecular weight is 206 g/mol. The minimum atomic E-state index is -0.985. The lowest BCUT2D eigenvalue weighted by atomic mass is 10.3. The van der Waals surface area contributed by atoms with Gasteiger partial charge < -0.3 is 14.9 Å². The molecular weight excluding hydrogens is 196 g/mol. The second-order valence-electron chi connectivity index (χ2n) is 2.23. The Labute approximate surface area is 79.3 Å². The highest BCUT2D eigenvalue weighted by atomic mass is 17.0. The first-order chi connectivity index (χ1) is 6.57. The summed E-state index contributed by atoms with van der Waals surface area (Å²) in [4.78, 5) is 34.4. The largest absolute Gasteiger partial charge is 0.462 e. The third-order valence-corrected chi connectivity index (χ3v) is 1.20. The molecule has 1 atom stereocenters. The van der Waals surface area contributed by atoms with Crippen molar-refractivity contribution in [2.24, 2.45) is 0 Å². The van der Waals surface area contributed by atoms with Crippen molar-refractivity contribution in [1.29, 1.82) is 0 Å². The summed E-state index contributed by atoms with van der Waals surface area (Å²) in [6.45, 7) is 0.863. The molecule has 0 spiro atoms. The first-order valence-electron chi connectivity index (χ1n) is 3.71. The third-order valence-electron chi connectivity index (χ3n) is 1.20. The summed E-state index contributed by atoms with van der Waals surface area (Å²) in [5.74, 6) is -0.677. The van der Waals surface area contributed by atoms with Crippen molar-refractivity contribution < 1.29 is 24.3 Å². The van der Waals surface area contributed by atoms with E-state index in [4.69, 9.17) is 0 Å². The van der Waals surface area contributed by atoms with Crippen molar-refractivity contribution in [1.82, 2.24) is 5.32 Å². The molecule has 0 aliphatic carbocycles. The van der Waals surface area contributed by atoms with Crippen LogP contribution in [0.15, 0.2) is 0 Å². The molecule has 0 saturated heterocycles. The van der Waals surface area contributed by atoms with Gasteiger partial charge in [0.05, 0.1) is 0 Å². The number of hydrogen-bond donors (Lipinski definition) is 1. The fourth-order valence-electron chi connectivity index (χ4n) is 0.549. The summed E-state index contributed by atoms with van der Waals surface area (Å²) in [6.07, 6.45) is 0.361. The lowest BCUT2D eigenvalue weighted by molar-refractivity contribution is -0.757. The number of esters is 1. The summed E-state index contributed by atoms with van der Waals surface area (Å²) >= 11 is 0. The van der Waals surface area contributed by atoms with Crippen molar-refractivity contribution in [2.45, 2.75) is 13.0 Å². The summed E-state index contributed by atoms with van der Waals surface area (Å²) in [5.41, 5.74) is 0. The number of rotatable bonds is 7. The highest BCUT2D eigenvalue weighted by molar-refractivity contribution is 5.77. The minimum absolute atomic E-state index is 0.231. The van der Waals surface area contributed by atoms with Crippen LogP contribution in [0.1, 0.15) is 6.92 Å². The number of nitrogens with one attached hydrogen (secondary N) is 1. The van der Waals surface area contributed by atoms with E-state index in [1.807, 2.05) is 0 Å². The molecule has 0 fully saturated rings. The van der Waals surface area contributed by atoms with Crippen molar-refractivity contribution in [3.05, 3.63) is 10.1 Å². The molecule has 14 heavy (non-hydrogen) atoms. The first kappa shape index (κ1) is 12.1. The van der Waals surface area contributed by atoms with Crippen molar-refractivity contribution in [3.8, 4) is 0 Å². The van der Waals surface area contributed by atoms with Gasteiger partial charge in [0.2, 0.25) is 6.41 Å². The van der Waals surface area contributed by atoms with Crippen LogP contribution in [0.5, 0.6) is 0 Å². The second kappa shape index (κ2) is 6.63. The average Bonchev–Trinajstić information content (AvgIpc) is 2.12. The summed E-state index contributed by atoms with van der Waals surface area (Å²) < 4.78 is 4.52. The van der Waals surface area contributed by atoms with E-state index in [9.17, 15) is 19.7 Å². The molecule has 0 bridgehead atoms. The van der Waals surface area contributed by atoms with Gasteiger partial charge in [-0.15, -0.1) is 10.1 Å². The Kier molecular flexibility index (Phi) is 5.75. The Morgan fingerprint density at radius 2 is 2.29 bits per heavy atom. The van der Waals surface area contributed by atoms with E-state index in [2.05, 4.69) is 14.9 Å². The van der Waals surface area contributed by atoms with Crippen LogP contribution in [-0.4, -0.2) is 36.7 Å². The summed E-state index contributed by atoms with van der Waals surface area (Å²) in [5, 5.41) is 10.8. The molecule has 0 aromatic rings. The Hall–Kier alpha value is -1.86. The molecule has 8 heteroatoms. The van der Waals surface area contributed by atoms with Gasteiger partial charge in [0, 0.05) is 0 Å². The molecule has 1 N–H and O–H groups in total. The van der Waals surface area contributed by atoms with E-state index in [-0.39, 0.29) is 13.2 Å². The number of amides is 1. The van der Waals surface area contributed by atoms with Crippen LogP contribution < -0.4 is 5.32 Å². The molecule has 80 valence electrons. The zero-order chi connectivity index (χ0) is 11.0. The molecule has 0 aliphatic rings. The number of nitrogens with zero attached hydrogens (tertiary/aromatic N) is 1. The predicted octanol–water partition coefficient (Wildman–Crippen LogP) is -1.13. The van der Waals surface area contributed by atoms with Crippen LogP contribution in [-0.2, 0) is 19.2 Å². The maximum absolute atomic E-state index is 10.9. The van der Waals surface area contributed by atoms with Gasteiger partial charge in [0.15, 0.2) is 0 Å². The minimum Gasteiger partial charge on any atom is -0.462 e. The highest BCUT2D eigenvalue weighted by Gasteiger charge is 2.12. The van der Waals surface area contributed by atoms with E-state index in [1.165, 1.54) is 6.92 Å². The van der Waals surface area contributed by atoms with E-state index < -0.39 is 17.1 Å². The molecule has 1 amide bonds. The molecular formula is C6H10N2O6. The molecule has 0 radical (unpaired) electrons. The Morgan fingerprint density at radius 1 is 1.64 bits per heavy atom. The molecule has 0 heterocycles. The van der Waals surface area contributed by atoms with Crippen LogP contribution in [0.25, 0.3) is 0 Å². The van der Waals surface area contributed by atoms with Crippen molar-refractivity contribution in [2.75, 3.05) is 13.2 Å². The smallest absolute Gasteiger partial charge is 0.328 e. The van der Waals surface area contributed by atoms with E-state index in [1.54, 1.807) is 0 Å². The van der Waals surface area contributed by atoms with Crippen molar-refractivity contribution >= 4 is 12.4 Å². The predicted molar refractivity (Wildman–Crippen MR) is 42.6 cm³/mol. The fraction of sp³-hybridized carbons (Fsp3) is 0.667. The van der Waals surface area contributed by atoms with Gasteiger partial charge in [-0.05, 0) is 6.92 Å². The van der Waals surface area contributed by atoms with Crippen LogP contribution in [0.2, 0.25) is 0 Å². The zero-order valence-electron chi connectivity index (χ0n) is 7.47. The van der Waals surface area contributed by atoms with Gasteiger partial charge >= 0.3 is 5.97 Å². The molecule has 1 unspecified atom stereocenters. The van der Waals surface area contributed by atoms with Crippen LogP contribution in [0.3, 0.4) is 0 Å². The molecule has 0 aromatic carbocycles. The SMILES string of the molecule is CC(NC=O)C(=O)OCCO[N+](=O)[O-]. The fourth-order valence-corrected chi connectivity index (χ4v) is 0.549. The number of hydrogen-bond acceptors (Lipinski definition) is 6. The molecule has 0 aliphatic heterocycles.